The number of hydrogen-bond acceptors (Lipinski definition) is 2. The molecule has 0 aliphatic carbocycles. The maximum atomic E-state index is 12.7. The van der Waals surface area contributed by atoms with Crippen LogP contribution in [0.1, 0.15) is 25.0 Å². The number of rotatable bonds is 5. The molecule has 0 bridgehead atoms. The summed E-state index contributed by atoms with van der Waals surface area (Å²) in [5.41, 5.74) is 7.66. The van der Waals surface area contributed by atoms with Crippen molar-refractivity contribution < 1.29 is 4.79 Å². The lowest BCUT2D eigenvalue weighted by Crippen LogP contribution is -2.49. The maximum Gasteiger partial charge on any atom is 0.231 e. The fourth-order valence-corrected chi connectivity index (χ4v) is 3.01. The number of fused-ring (bicyclic) bond motifs is 1. The van der Waals surface area contributed by atoms with Crippen molar-refractivity contribution in [2.45, 2.75) is 31.8 Å². The molecule has 0 saturated heterocycles. The Hall–Kier alpha value is -2.65. The molecule has 0 aliphatic heterocycles. The van der Waals surface area contributed by atoms with Crippen molar-refractivity contribution in [3.8, 4) is 0 Å². The lowest BCUT2D eigenvalue weighted by atomic mass is 9.83. The zero-order valence-electron chi connectivity index (χ0n) is 14.7. The minimum Gasteiger partial charge on any atom is -0.340 e. The highest BCUT2D eigenvalue weighted by atomic mass is 16.2. The Balaban J connectivity index is 1.68. The third-order valence-electron chi connectivity index (χ3n) is 4.65. The largest absolute Gasteiger partial charge is 0.340 e. The van der Waals surface area contributed by atoms with Crippen molar-refractivity contribution in [2.24, 2.45) is 5.73 Å². The van der Waals surface area contributed by atoms with Gasteiger partial charge in [0.15, 0.2) is 0 Å². The quantitative estimate of drug-likeness (QED) is 0.699. The van der Waals surface area contributed by atoms with Crippen LogP contribution < -0.4 is 11.1 Å². The lowest BCUT2D eigenvalue weighted by Gasteiger charge is -2.26. The second kappa shape index (κ2) is 7.08. The van der Waals surface area contributed by atoms with Gasteiger partial charge in [0, 0.05) is 6.42 Å². The highest BCUT2D eigenvalue weighted by Crippen LogP contribution is 2.23. The van der Waals surface area contributed by atoms with E-state index in [-0.39, 0.29) is 5.91 Å². The Morgan fingerprint density at radius 1 is 0.960 bits per heavy atom. The fourth-order valence-electron chi connectivity index (χ4n) is 3.01. The average Bonchev–Trinajstić information content (AvgIpc) is 2.62. The number of nitrogens with two attached hydrogens (primary N) is 1. The molecule has 3 aromatic carbocycles. The van der Waals surface area contributed by atoms with E-state index in [1.807, 2.05) is 56.3 Å². The van der Waals surface area contributed by atoms with E-state index in [0.717, 1.165) is 11.1 Å². The molecule has 128 valence electrons. The number of benzene rings is 3. The molecule has 0 aromatic heterocycles. The van der Waals surface area contributed by atoms with E-state index >= 15 is 0 Å². The number of amides is 1. The van der Waals surface area contributed by atoms with Crippen molar-refractivity contribution in [1.82, 2.24) is 5.32 Å². The monoisotopic (exact) mass is 332 g/mol. The van der Waals surface area contributed by atoms with Crippen LogP contribution in [-0.4, -0.2) is 12.1 Å². The van der Waals surface area contributed by atoms with Gasteiger partial charge in [-0.2, -0.15) is 0 Å². The van der Waals surface area contributed by atoms with Gasteiger partial charge in [-0.25, -0.2) is 0 Å². The van der Waals surface area contributed by atoms with Gasteiger partial charge >= 0.3 is 0 Å². The van der Waals surface area contributed by atoms with Crippen molar-refractivity contribution in [3.63, 3.8) is 0 Å². The van der Waals surface area contributed by atoms with Gasteiger partial charge in [-0.05, 0) is 35.7 Å². The van der Waals surface area contributed by atoms with Crippen molar-refractivity contribution >= 4 is 16.7 Å². The molecular weight excluding hydrogens is 308 g/mol. The molecule has 3 N–H and O–H groups in total. The smallest absolute Gasteiger partial charge is 0.231 e. The summed E-state index contributed by atoms with van der Waals surface area (Å²) < 4.78 is 0. The van der Waals surface area contributed by atoms with Gasteiger partial charge in [0.25, 0.3) is 0 Å². The lowest BCUT2D eigenvalue weighted by molar-refractivity contribution is -0.126. The van der Waals surface area contributed by atoms with Crippen molar-refractivity contribution in [1.29, 1.82) is 0 Å². The Labute approximate surface area is 148 Å². The number of nitrogens with one attached hydrogen (secondary N) is 1. The average molecular weight is 332 g/mol. The first-order valence-corrected chi connectivity index (χ1v) is 8.56. The van der Waals surface area contributed by atoms with Gasteiger partial charge in [-0.3, -0.25) is 4.79 Å². The first-order chi connectivity index (χ1) is 12.0. The van der Waals surface area contributed by atoms with E-state index in [4.69, 9.17) is 5.73 Å². The molecule has 25 heavy (non-hydrogen) atoms. The summed E-state index contributed by atoms with van der Waals surface area (Å²) in [5, 5.41) is 5.34. The summed E-state index contributed by atoms with van der Waals surface area (Å²) in [6, 6.07) is 24.3. The first-order valence-electron chi connectivity index (χ1n) is 8.56. The topological polar surface area (TPSA) is 55.1 Å². The number of hydrogen-bond donors (Lipinski definition) is 2. The van der Waals surface area contributed by atoms with E-state index in [1.54, 1.807) is 0 Å². The van der Waals surface area contributed by atoms with E-state index in [2.05, 4.69) is 35.6 Å². The molecule has 3 aromatic rings. The fraction of sp³-hybridized carbons (Fsp3) is 0.227. The Morgan fingerprint density at radius 2 is 1.60 bits per heavy atom. The van der Waals surface area contributed by atoms with Crippen LogP contribution in [0.4, 0.5) is 0 Å². The van der Waals surface area contributed by atoms with Gasteiger partial charge in [0.1, 0.15) is 0 Å². The minimum absolute atomic E-state index is 0.0630. The number of carbonyl (C=O) groups is 1. The third-order valence-corrected chi connectivity index (χ3v) is 4.65. The van der Waals surface area contributed by atoms with Crippen molar-refractivity contribution in [3.05, 3.63) is 83.9 Å². The normalized spacial score (nSPS) is 12.8. The Morgan fingerprint density at radius 3 is 2.32 bits per heavy atom. The molecule has 0 spiro atoms. The van der Waals surface area contributed by atoms with E-state index in [9.17, 15) is 4.79 Å². The second-order valence-corrected chi connectivity index (χ2v) is 6.96. The molecule has 0 heterocycles. The number of carbonyl (C=O) groups excluding carboxylic acids is 1. The highest BCUT2D eigenvalue weighted by molar-refractivity contribution is 5.87. The van der Waals surface area contributed by atoms with Gasteiger partial charge in [-0.1, -0.05) is 72.8 Å². The van der Waals surface area contributed by atoms with Crippen LogP contribution in [-0.2, 0) is 16.6 Å². The summed E-state index contributed by atoms with van der Waals surface area (Å²) >= 11 is 0. The van der Waals surface area contributed by atoms with Gasteiger partial charge in [0.2, 0.25) is 5.91 Å². The molecule has 1 amide bonds. The molecule has 0 radical (unpaired) electrons. The molecule has 3 rings (SSSR count). The van der Waals surface area contributed by atoms with Crippen molar-refractivity contribution in [2.75, 3.05) is 0 Å². The van der Waals surface area contributed by atoms with Gasteiger partial charge in [0.05, 0.1) is 11.6 Å². The van der Waals surface area contributed by atoms with Crippen LogP contribution in [0.5, 0.6) is 0 Å². The molecular formula is C22H24N2O. The molecule has 1 unspecified atom stereocenters. The SMILES string of the molecule is CC(C)(C(=O)NC(N)Cc1ccc2ccccc2c1)c1ccccc1. The summed E-state index contributed by atoms with van der Waals surface area (Å²) in [7, 11) is 0. The second-order valence-electron chi connectivity index (χ2n) is 6.96. The van der Waals surface area contributed by atoms with E-state index < -0.39 is 11.6 Å². The summed E-state index contributed by atoms with van der Waals surface area (Å²) in [4.78, 5) is 12.7. The van der Waals surface area contributed by atoms with Crippen LogP contribution in [0.25, 0.3) is 10.8 Å². The summed E-state index contributed by atoms with van der Waals surface area (Å²) in [6.45, 7) is 3.83. The van der Waals surface area contributed by atoms with E-state index in [0.29, 0.717) is 6.42 Å². The predicted octanol–water partition coefficient (Wildman–Crippen LogP) is 3.76. The van der Waals surface area contributed by atoms with Gasteiger partial charge < -0.3 is 11.1 Å². The Kier molecular flexibility index (Phi) is 4.86. The molecule has 0 fully saturated rings. The highest BCUT2D eigenvalue weighted by Gasteiger charge is 2.30. The minimum atomic E-state index is -0.623. The van der Waals surface area contributed by atoms with Crippen LogP contribution >= 0.6 is 0 Å². The Bertz CT molecular complexity index is 871. The zero-order chi connectivity index (χ0) is 17.9. The van der Waals surface area contributed by atoms with Crippen LogP contribution in [0.3, 0.4) is 0 Å². The standard InChI is InChI=1S/C22H24N2O/c1-22(2,19-10-4-3-5-11-19)21(25)24-20(23)15-16-12-13-17-8-6-7-9-18(17)14-16/h3-14,20H,15,23H2,1-2H3,(H,24,25). The zero-order valence-corrected chi connectivity index (χ0v) is 14.7. The van der Waals surface area contributed by atoms with Crippen LogP contribution in [0, 0.1) is 0 Å². The third kappa shape index (κ3) is 3.89. The predicted molar refractivity (Wildman–Crippen MR) is 103 cm³/mol. The van der Waals surface area contributed by atoms with Crippen LogP contribution in [0.15, 0.2) is 72.8 Å². The van der Waals surface area contributed by atoms with E-state index in [1.165, 1.54) is 10.8 Å². The molecule has 1 atom stereocenters. The molecule has 3 heteroatoms. The molecule has 0 saturated carbocycles. The maximum absolute atomic E-state index is 12.7. The van der Waals surface area contributed by atoms with Crippen LogP contribution in [0.2, 0.25) is 0 Å². The first kappa shape index (κ1) is 17.2. The van der Waals surface area contributed by atoms with Gasteiger partial charge in [-0.15, -0.1) is 0 Å². The molecule has 0 aliphatic rings. The summed E-state index contributed by atoms with van der Waals surface area (Å²) in [5.74, 6) is -0.0630. The molecule has 3 nitrogen and oxygen atoms in total. The summed E-state index contributed by atoms with van der Waals surface area (Å²) in [6.07, 6.45) is 0.179.